The lowest BCUT2D eigenvalue weighted by Gasteiger charge is -2.42. The highest BCUT2D eigenvalue weighted by atomic mass is 16.5. The summed E-state index contributed by atoms with van der Waals surface area (Å²) in [5.41, 5.74) is 1.58. The van der Waals surface area contributed by atoms with E-state index in [-0.39, 0.29) is 11.7 Å². The second-order valence-corrected chi connectivity index (χ2v) is 7.81. The number of aromatic nitrogens is 1. The van der Waals surface area contributed by atoms with Gasteiger partial charge in [-0.05, 0) is 36.4 Å². The molecule has 2 N–H and O–H groups in total. The van der Waals surface area contributed by atoms with Crippen LogP contribution in [0.1, 0.15) is 31.2 Å². The van der Waals surface area contributed by atoms with Crippen LogP contribution in [0, 0.1) is 0 Å². The zero-order chi connectivity index (χ0) is 18.8. The summed E-state index contributed by atoms with van der Waals surface area (Å²) in [6.07, 6.45) is 4.23. The summed E-state index contributed by atoms with van der Waals surface area (Å²) in [4.78, 5) is 20.3. The van der Waals surface area contributed by atoms with E-state index in [2.05, 4.69) is 14.8 Å². The van der Waals surface area contributed by atoms with Crippen molar-refractivity contribution < 1.29 is 9.84 Å². The highest BCUT2D eigenvalue weighted by molar-refractivity contribution is 5.80. The summed E-state index contributed by atoms with van der Waals surface area (Å²) in [6, 6.07) is 8.06. The van der Waals surface area contributed by atoms with E-state index < -0.39 is 0 Å². The van der Waals surface area contributed by atoms with Crippen molar-refractivity contribution >= 4 is 10.9 Å². The Hall–Kier alpha value is -1.89. The van der Waals surface area contributed by atoms with Gasteiger partial charge < -0.3 is 14.8 Å². The van der Waals surface area contributed by atoms with Crippen LogP contribution in [0.5, 0.6) is 5.75 Å². The fourth-order valence-electron chi connectivity index (χ4n) is 4.48. The smallest absolute Gasteiger partial charge is 0.252 e. The normalized spacial score (nSPS) is 25.0. The van der Waals surface area contributed by atoms with E-state index in [4.69, 9.17) is 4.74 Å². The number of ether oxygens (including phenoxy) is 1. The van der Waals surface area contributed by atoms with Gasteiger partial charge in [0.15, 0.2) is 0 Å². The van der Waals surface area contributed by atoms with Crippen molar-refractivity contribution in [1.29, 1.82) is 0 Å². The van der Waals surface area contributed by atoms with Crippen molar-refractivity contribution in [3.8, 4) is 5.75 Å². The Kier molecular flexibility index (Phi) is 5.48. The first-order valence-corrected chi connectivity index (χ1v) is 9.98. The maximum atomic E-state index is 12.5. The average molecular weight is 371 g/mol. The number of H-pyrrole nitrogens is 1. The number of aliphatic hydroxyl groups is 1. The minimum absolute atomic E-state index is 0.0270. The van der Waals surface area contributed by atoms with Crippen LogP contribution in [0.2, 0.25) is 0 Å². The van der Waals surface area contributed by atoms with Gasteiger partial charge in [-0.2, -0.15) is 0 Å². The number of hydrogen-bond acceptors (Lipinski definition) is 5. The summed E-state index contributed by atoms with van der Waals surface area (Å²) in [5, 5.41) is 11.3. The summed E-state index contributed by atoms with van der Waals surface area (Å²) in [5.74, 6) is 0.743. The van der Waals surface area contributed by atoms with Gasteiger partial charge in [0, 0.05) is 50.4 Å². The van der Waals surface area contributed by atoms with Crippen molar-refractivity contribution in [3.63, 3.8) is 0 Å². The van der Waals surface area contributed by atoms with E-state index in [1.807, 2.05) is 24.3 Å². The number of benzene rings is 1. The summed E-state index contributed by atoms with van der Waals surface area (Å²) < 4.78 is 5.23. The summed E-state index contributed by atoms with van der Waals surface area (Å²) in [6.45, 7) is 4.46. The number of pyridine rings is 1. The fraction of sp³-hybridized carbons (Fsp3) is 0.571. The largest absolute Gasteiger partial charge is 0.497 e. The van der Waals surface area contributed by atoms with E-state index in [0.717, 1.165) is 67.7 Å². The predicted octanol–water partition coefficient (Wildman–Crippen LogP) is 1.96. The summed E-state index contributed by atoms with van der Waals surface area (Å²) >= 11 is 0. The topological polar surface area (TPSA) is 68.8 Å². The Labute approximate surface area is 159 Å². The van der Waals surface area contributed by atoms with Gasteiger partial charge >= 0.3 is 0 Å². The number of aliphatic hydroxyl groups excluding tert-OH is 1. The van der Waals surface area contributed by atoms with E-state index in [1.165, 1.54) is 6.42 Å². The van der Waals surface area contributed by atoms with Crippen LogP contribution in [-0.4, -0.2) is 65.3 Å². The van der Waals surface area contributed by atoms with Gasteiger partial charge in [-0.1, -0.05) is 12.8 Å². The van der Waals surface area contributed by atoms with Crippen LogP contribution in [-0.2, 0) is 6.54 Å². The van der Waals surface area contributed by atoms with E-state index in [1.54, 1.807) is 7.11 Å². The van der Waals surface area contributed by atoms with E-state index in [9.17, 15) is 9.90 Å². The lowest BCUT2D eigenvalue weighted by molar-refractivity contribution is -0.00476. The first-order chi connectivity index (χ1) is 13.1. The molecule has 2 atom stereocenters. The first-order valence-electron chi connectivity index (χ1n) is 9.98. The molecule has 0 bridgehead atoms. The Morgan fingerprint density at radius 3 is 2.67 bits per heavy atom. The Balaban J connectivity index is 1.41. The van der Waals surface area contributed by atoms with Crippen LogP contribution >= 0.6 is 0 Å². The number of rotatable bonds is 4. The molecule has 27 heavy (non-hydrogen) atoms. The second kappa shape index (κ2) is 8.00. The minimum atomic E-state index is -0.175. The van der Waals surface area contributed by atoms with Gasteiger partial charge in [0.05, 0.1) is 18.7 Å². The lowest BCUT2D eigenvalue weighted by atomic mass is 9.91. The van der Waals surface area contributed by atoms with Crippen molar-refractivity contribution in [3.05, 3.63) is 40.2 Å². The van der Waals surface area contributed by atoms with Crippen molar-refractivity contribution in [2.75, 3.05) is 33.3 Å². The minimum Gasteiger partial charge on any atom is -0.497 e. The van der Waals surface area contributed by atoms with Gasteiger partial charge in [0.2, 0.25) is 0 Å². The molecule has 0 spiro atoms. The Bertz CT molecular complexity index is 842. The molecule has 2 aliphatic rings. The number of nitrogens with zero attached hydrogens (tertiary/aromatic N) is 2. The highest BCUT2D eigenvalue weighted by Crippen LogP contribution is 2.24. The standard InChI is InChI=1S/C21H29N3O3/c1-27-17-7-6-15-12-16(21(26)22-18(15)13-17)14-23-8-10-24(11-9-23)19-4-2-3-5-20(19)25/h6-7,12-13,19-20,25H,2-5,8-11,14H2,1H3,(H,22,26)/t19-,20-/m1/s1. The fourth-order valence-corrected chi connectivity index (χ4v) is 4.48. The molecule has 1 aliphatic carbocycles. The van der Waals surface area contributed by atoms with Crippen LogP contribution < -0.4 is 10.3 Å². The number of methoxy groups -OCH3 is 1. The molecule has 0 unspecified atom stereocenters. The highest BCUT2D eigenvalue weighted by Gasteiger charge is 2.30. The first kappa shape index (κ1) is 18.5. The molecule has 4 rings (SSSR count). The van der Waals surface area contributed by atoms with Gasteiger partial charge in [-0.15, -0.1) is 0 Å². The zero-order valence-corrected chi connectivity index (χ0v) is 16.0. The maximum absolute atomic E-state index is 12.5. The van der Waals surface area contributed by atoms with Crippen LogP contribution in [0.15, 0.2) is 29.1 Å². The zero-order valence-electron chi connectivity index (χ0n) is 16.0. The van der Waals surface area contributed by atoms with Gasteiger partial charge in [0.1, 0.15) is 5.75 Å². The van der Waals surface area contributed by atoms with Crippen LogP contribution in [0.4, 0.5) is 0 Å². The van der Waals surface area contributed by atoms with Crippen LogP contribution in [0.3, 0.4) is 0 Å². The maximum Gasteiger partial charge on any atom is 0.252 e. The lowest BCUT2D eigenvalue weighted by Crippen LogP contribution is -2.54. The molecule has 2 heterocycles. The molecule has 1 aliphatic heterocycles. The monoisotopic (exact) mass is 371 g/mol. The van der Waals surface area contributed by atoms with Crippen molar-refractivity contribution in [2.45, 2.75) is 44.4 Å². The molecule has 0 radical (unpaired) electrons. The molecule has 6 heteroatoms. The second-order valence-electron chi connectivity index (χ2n) is 7.81. The van der Waals surface area contributed by atoms with Gasteiger partial charge in [-0.25, -0.2) is 0 Å². The van der Waals surface area contributed by atoms with Crippen LogP contribution in [0.25, 0.3) is 10.9 Å². The molecule has 6 nitrogen and oxygen atoms in total. The van der Waals surface area contributed by atoms with E-state index >= 15 is 0 Å². The molecule has 0 amide bonds. The predicted molar refractivity (Wildman–Crippen MR) is 106 cm³/mol. The number of piperazine rings is 1. The Morgan fingerprint density at radius 2 is 1.93 bits per heavy atom. The molecule has 1 saturated heterocycles. The van der Waals surface area contributed by atoms with Crippen molar-refractivity contribution in [2.24, 2.45) is 0 Å². The molecule has 2 aromatic rings. The number of hydrogen-bond donors (Lipinski definition) is 2. The molecular formula is C21H29N3O3. The molecule has 1 saturated carbocycles. The van der Waals surface area contributed by atoms with Crippen molar-refractivity contribution in [1.82, 2.24) is 14.8 Å². The average Bonchev–Trinajstić information content (AvgIpc) is 2.69. The third-order valence-corrected chi connectivity index (χ3v) is 6.09. The molecule has 1 aromatic heterocycles. The van der Waals surface area contributed by atoms with Gasteiger partial charge in [-0.3, -0.25) is 14.6 Å². The van der Waals surface area contributed by atoms with E-state index in [0.29, 0.717) is 12.6 Å². The quantitative estimate of drug-likeness (QED) is 0.860. The van der Waals surface area contributed by atoms with Gasteiger partial charge in [0.25, 0.3) is 5.56 Å². The number of nitrogens with one attached hydrogen (secondary N) is 1. The molecule has 1 aromatic carbocycles. The third kappa shape index (κ3) is 4.03. The Morgan fingerprint density at radius 1 is 1.15 bits per heavy atom. The molecular weight excluding hydrogens is 342 g/mol. The summed E-state index contributed by atoms with van der Waals surface area (Å²) in [7, 11) is 1.62. The third-order valence-electron chi connectivity index (χ3n) is 6.09. The SMILES string of the molecule is COc1ccc2cc(CN3CCN([C@@H]4CCCC[C@H]4O)CC3)c(=O)[nH]c2c1. The molecule has 2 fully saturated rings. The number of aromatic amines is 1. The molecule has 146 valence electrons. The number of fused-ring (bicyclic) bond motifs is 1.